The molecule has 5 heteroatoms. The fraction of sp³-hybridized carbons (Fsp3) is 0.625. The van der Waals surface area contributed by atoms with Crippen molar-refractivity contribution in [3.05, 3.63) is 33.8 Å². The molecule has 0 bridgehead atoms. The predicted octanol–water partition coefficient (Wildman–Crippen LogP) is 2.66. The maximum Gasteiger partial charge on any atom is 0.0236 e. The molecular weight excluding hydrogens is 350 g/mol. The minimum absolute atomic E-state index is 0. The third kappa shape index (κ3) is 4.42. The van der Waals surface area contributed by atoms with Crippen molar-refractivity contribution in [3.63, 3.8) is 0 Å². The Hall–Kier alpha value is -0.130. The Morgan fingerprint density at radius 2 is 2.00 bits per heavy atom. The number of aryl methyl sites for hydroxylation is 1. The van der Waals surface area contributed by atoms with E-state index in [-0.39, 0.29) is 12.4 Å². The second-order valence-electron chi connectivity index (χ2n) is 6.05. The Bertz CT molecular complexity index is 463. The van der Waals surface area contributed by atoms with Crippen LogP contribution in [0.1, 0.15) is 17.5 Å². The minimum Gasteiger partial charge on any atom is -0.314 e. The van der Waals surface area contributed by atoms with Crippen LogP contribution in [0.25, 0.3) is 0 Å². The highest BCUT2D eigenvalue weighted by Crippen LogP contribution is 2.21. The molecule has 1 atom stereocenters. The van der Waals surface area contributed by atoms with E-state index in [1.165, 1.54) is 48.2 Å². The fourth-order valence-electron chi connectivity index (χ4n) is 3.36. The summed E-state index contributed by atoms with van der Waals surface area (Å²) in [5.74, 6) is 0. The standard InChI is InChI=1S/C16H24BrN3.ClH/c1-13-10-14(2-3-16(13)17)11-19-7-4-15(12-19)20-8-5-18-6-9-20;/h2-3,10,15,18H,4-9,11-12H2,1H3;1H. The summed E-state index contributed by atoms with van der Waals surface area (Å²) in [5, 5.41) is 3.44. The molecule has 3 rings (SSSR count). The molecule has 21 heavy (non-hydrogen) atoms. The number of rotatable bonds is 3. The Balaban J connectivity index is 0.00000161. The van der Waals surface area contributed by atoms with Crippen LogP contribution in [0.2, 0.25) is 0 Å². The van der Waals surface area contributed by atoms with Gasteiger partial charge in [-0.3, -0.25) is 9.80 Å². The first-order valence-corrected chi connectivity index (χ1v) is 8.44. The second-order valence-corrected chi connectivity index (χ2v) is 6.90. The average molecular weight is 375 g/mol. The molecule has 3 nitrogen and oxygen atoms in total. The highest BCUT2D eigenvalue weighted by molar-refractivity contribution is 9.10. The molecule has 1 N–H and O–H groups in total. The van der Waals surface area contributed by atoms with E-state index < -0.39 is 0 Å². The van der Waals surface area contributed by atoms with Crippen molar-refractivity contribution in [1.29, 1.82) is 0 Å². The molecule has 2 fully saturated rings. The van der Waals surface area contributed by atoms with Crippen molar-refractivity contribution < 1.29 is 0 Å². The third-order valence-corrected chi connectivity index (χ3v) is 5.43. The van der Waals surface area contributed by atoms with Gasteiger partial charge in [-0.25, -0.2) is 0 Å². The van der Waals surface area contributed by atoms with Crippen molar-refractivity contribution in [3.8, 4) is 0 Å². The highest BCUT2D eigenvalue weighted by atomic mass is 79.9. The minimum atomic E-state index is 0. The Labute approximate surface area is 142 Å². The molecule has 0 spiro atoms. The Morgan fingerprint density at radius 3 is 2.71 bits per heavy atom. The Morgan fingerprint density at radius 1 is 1.24 bits per heavy atom. The van der Waals surface area contributed by atoms with Crippen LogP contribution in [0.3, 0.4) is 0 Å². The van der Waals surface area contributed by atoms with Crippen LogP contribution in [0.4, 0.5) is 0 Å². The van der Waals surface area contributed by atoms with Crippen LogP contribution >= 0.6 is 28.3 Å². The topological polar surface area (TPSA) is 18.5 Å². The molecular formula is C16H25BrClN3. The maximum absolute atomic E-state index is 3.58. The largest absolute Gasteiger partial charge is 0.314 e. The molecule has 1 unspecified atom stereocenters. The van der Waals surface area contributed by atoms with E-state index in [9.17, 15) is 0 Å². The van der Waals surface area contributed by atoms with Crippen LogP contribution in [0, 0.1) is 6.92 Å². The van der Waals surface area contributed by atoms with Crippen molar-refractivity contribution in [2.45, 2.75) is 25.9 Å². The first-order chi connectivity index (χ1) is 9.72. The number of halogens is 2. The molecule has 1 aromatic rings. The number of hydrogen-bond donors (Lipinski definition) is 1. The van der Waals surface area contributed by atoms with Crippen molar-refractivity contribution in [2.75, 3.05) is 39.3 Å². The van der Waals surface area contributed by atoms with Crippen LogP contribution in [-0.2, 0) is 6.54 Å². The molecule has 1 aromatic carbocycles. The normalized spacial score (nSPS) is 24.0. The summed E-state index contributed by atoms with van der Waals surface area (Å²) >= 11 is 3.58. The lowest BCUT2D eigenvalue weighted by molar-refractivity contribution is 0.170. The monoisotopic (exact) mass is 373 g/mol. The first kappa shape index (κ1) is 17.2. The van der Waals surface area contributed by atoms with Gasteiger partial charge >= 0.3 is 0 Å². The van der Waals surface area contributed by atoms with Crippen LogP contribution in [-0.4, -0.2) is 55.1 Å². The van der Waals surface area contributed by atoms with Gasteiger partial charge in [0.15, 0.2) is 0 Å². The molecule has 0 aliphatic carbocycles. The quantitative estimate of drug-likeness (QED) is 0.877. The maximum atomic E-state index is 3.58. The van der Waals surface area contributed by atoms with Gasteiger partial charge in [0.25, 0.3) is 0 Å². The molecule has 2 aliphatic heterocycles. The van der Waals surface area contributed by atoms with Gasteiger partial charge in [0.05, 0.1) is 0 Å². The van der Waals surface area contributed by atoms with Crippen molar-refractivity contribution in [2.24, 2.45) is 0 Å². The van der Waals surface area contributed by atoms with Crippen molar-refractivity contribution >= 4 is 28.3 Å². The molecule has 0 saturated carbocycles. The van der Waals surface area contributed by atoms with Gasteiger partial charge in [-0.15, -0.1) is 12.4 Å². The Kier molecular flexibility index (Phi) is 6.51. The summed E-state index contributed by atoms with van der Waals surface area (Å²) in [4.78, 5) is 5.28. The molecule has 0 aromatic heterocycles. The third-order valence-electron chi connectivity index (χ3n) is 4.54. The van der Waals surface area contributed by atoms with Gasteiger partial charge in [0, 0.05) is 56.3 Å². The van der Waals surface area contributed by atoms with Gasteiger partial charge < -0.3 is 5.32 Å². The SMILES string of the molecule is Cc1cc(CN2CCC(N3CCNCC3)C2)ccc1Br.Cl. The highest BCUT2D eigenvalue weighted by Gasteiger charge is 2.28. The number of benzene rings is 1. The van der Waals surface area contributed by atoms with E-state index in [4.69, 9.17) is 0 Å². The summed E-state index contributed by atoms with van der Waals surface area (Å²) in [5.41, 5.74) is 2.77. The van der Waals surface area contributed by atoms with E-state index in [0.29, 0.717) is 0 Å². The summed E-state index contributed by atoms with van der Waals surface area (Å²) in [6, 6.07) is 7.50. The zero-order chi connectivity index (χ0) is 13.9. The van der Waals surface area contributed by atoms with E-state index >= 15 is 0 Å². The molecule has 118 valence electrons. The summed E-state index contributed by atoms with van der Waals surface area (Å²) in [7, 11) is 0. The number of piperazine rings is 1. The zero-order valence-corrected chi connectivity index (χ0v) is 15.0. The lowest BCUT2D eigenvalue weighted by atomic mass is 10.1. The number of nitrogens with zero attached hydrogens (tertiary/aromatic N) is 2. The number of nitrogens with one attached hydrogen (secondary N) is 1. The first-order valence-electron chi connectivity index (χ1n) is 7.64. The van der Waals surface area contributed by atoms with E-state index in [1.54, 1.807) is 0 Å². The molecule has 2 aliphatic rings. The molecule has 2 heterocycles. The molecule has 0 amide bonds. The lowest BCUT2D eigenvalue weighted by Gasteiger charge is -2.32. The van der Waals surface area contributed by atoms with E-state index in [2.05, 4.69) is 56.2 Å². The average Bonchev–Trinajstić information content (AvgIpc) is 2.92. The van der Waals surface area contributed by atoms with Crippen LogP contribution in [0.15, 0.2) is 22.7 Å². The van der Waals surface area contributed by atoms with Gasteiger partial charge in [-0.1, -0.05) is 28.1 Å². The summed E-state index contributed by atoms with van der Waals surface area (Å²) < 4.78 is 1.21. The smallest absolute Gasteiger partial charge is 0.0236 e. The van der Waals surface area contributed by atoms with Gasteiger partial charge in [0.2, 0.25) is 0 Å². The van der Waals surface area contributed by atoms with Crippen molar-refractivity contribution in [1.82, 2.24) is 15.1 Å². The predicted molar refractivity (Wildman–Crippen MR) is 94.3 cm³/mol. The second kappa shape index (κ2) is 7.93. The van der Waals surface area contributed by atoms with Crippen LogP contribution in [0.5, 0.6) is 0 Å². The van der Waals surface area contributed by atoms with E-state index in [0.717, 1.165) is 25.7 Å². The summed E-state index contributed by atoms with van der Waals surface area (Å²) in [6.07, 6.45) is 1.33. The van der Waals surface area contributed by atoms with Crippen LogP contribution < -0.4 is 5.32 Å². The van der Waals surface area contributed by atoms with Gasteiger partial charge in [-0.05, 0) is 30.5 Å². The van der Waals surface area contributed by atoms with Gasteiger partial charge in [0.1, 0.15) is 0 Å². The fourth-order valence-corrected chi connectivity index (χ4v) is 3.61. The molecule has 0 radical (unpaired) electrons. The number of likely N-dealkylation sites (tertiary alicyclic amines) is 1. The number of hydrogen-bond acceptors (Lipinski definition) is 3. The summed E-state index contributed by atoms with van der Waals surface area (Å²) in [6.45, 7) is 10.5. The lowest BCUT2D eigenvalue weighted by Crippen LogP contribution is -2.49. The van der Waals surface area contributed by atoms with E-state index in [1.807, 2.05) is 0 Å². The molecule has 2 saturated heterocycles. The zero-order valence-electron chi connectivity index (χ0n) is 12.6. The van der Waals surface area contributed by atoms with Gasteiger partial charge in [-0.2, -0.15) is 0 Å².